The predicted molar refractivity (Wildman–Crippen MR) is 88.6 cm³/mol. The summed E-state index contributed by atoms with van der Waals surface area (Å²) in [5.74, 6) is 0.429. The third kappa shape index (κ3) is 4.72. The number of halogens is 1. The Kier molecular flexibility index (Phi) is 6.18. The van der Waals surface area contributed by atoms with Crippen molar-refractivity contribution in [3.63, 3.8) is 0 Å². The van der Waals surface area contributed by atoms with Crippen molar-refractivity contribution in [1.82, 2.24) is 4.98 Å². The van der Waals surface area contributed by atoms with Crippen LogP contribution in [-0.4, -0.2) is 31.2 Å². The minimum absolute atomic E-state index is 0.226. The summed E-state index contributed by atoms with van der Waals surface area (Å²) in [7, 11) is 1.66. The fourth-order valence-electron chi connectivity index (χ4n) is 1.86. The van der Waals surface area contributed by atoms with Crippen molar-refractivity contribution in [2.75, 3.05) is 30.9 Å². The number of carbonyl (C=O) groups excluding carboxylic acids is 1. The van der Waals surface area contributed by atoms with Gasteiger partial charge < -0.3 is 15.4 Å². The van der Waals surface area contributed by atoms with Crippen molar-refractivity contribution in [3.05, 3.63) is 53.2 Å². The molecule has 0 radical (unpaired) electrons. The van der Waals surface area contributed by atoms with Gasteiger partial charge in [-0.15, -0.1) is 0 Å². The molecule has 0 atom stereocenters. The molecule has 0 saturated heterocycles. The maximum Gasteiger partial charge on any atom is 0.255 e. The van der Waals surface area contributed by atoms with Crippen molar-refractivity contribution >= 4 is 29.0 Å². The van der Waals surface area contributed by atoms with Gasteiger partial charge in [-0.3, -0.25) is 4.79 Å². The van der Waals surface area contributed by atoms with Crippen LogP contribution < -0.4 is 10.6 Å². The molecule has 0 aliphatic rings. The van der Waals surface area contributed by atoms with Gasteiger partial charge in [-0.25, -0.2) is 4.98 Å². The van der Waals surface area contributed by atoms with Crippen LogP contribution in [0.2, 0.25) is 5.02 Å². The molecule has 0 saturated carbocycles. The molecule has 0 spiro atoms. The van der Waals surface area contributed by atoms with E-state index >= 15 is 0 Å². The highest BCUT2D eigenvalue weighted by molar-refractivity contribution is 6.33. The number of pyridine rings is 1. The van der Waals surface area contributed by atoms with E-state index in [1.807, 2.05) is 12.1 Å². The van der Waals surface area contributed by atoms with Gasteiger partial charge in [0, 0.05) is 32.0 Å². The number of hydrogen-bond donors (Lipinski definition) is 2. The number of anilines is 2. The molecule has 1 aromatic carbocycles. The number of para-hydroxylation sites is 1. The lowest BCUT2D eigenvalue weighted by Crippen LogP contribution is -2.13. The van der Waals surface area contributed by atoms with E-state index in [0.29, 0.717) is 28.7 Å². The summed E-state index contributed by atoms with van der Waals surface area (Å²) in [6.45, 7) is 1.41. The van der Waals surface area contributed by atoms with Gasteiger partial charge in [-0.2, -0.15) is 0 Å². The monoisotopic (exact) mass is 319 g/mol. The smallest absolute Gasteiger partial charge is 0.255 e. The standard InChI is InChI=1S/C16H18ClN3O2/c1-22-10-4-8-18-15-11-12(7-9-19-15)16(21)20-14-6-3-2-5-13(14)17/h2-3,5-7,9,11H,4,8,10H2,1H3,(H,18,19)(H,20,21). The molecule has 1 amide bonds. The maximum absolute atomic E-state index is 12.2. The van der Waals surface area contributed by atoms with E-state index in [4.69, 9.17) is 16.3 Å². The van der Waals surface area contributed by atoms with Crippen molar-refractivity contribution < 1.29 is 9.53 Å². The van der Waals surface area contributed by atoms with Crippen LogP contribution in [-0.2, 0) is 4.74 Å². The highest BCUT2D eigenvalue weighted by Gasteiger charge is 2.09. The first kappa shape index (κ1) is 16.3. The van der Waals surface area contributed by atoms with Crippen LogP contribution in [0.1, 0.15) is 16.8 Å². The topological polar surface area (TPSA) is 63.2 Å². The number of carbonyl (C=O) groups is 1. The SMILES string of the molecule is COCCCNc1cc(C(=O)Nc2ccccc2Cl)ccn1. The lowest BCUT2D eigenvalue weighted by atomic mass is 10.2. The average Bonchev–Trinajstić information content (AvgIpc) is 2.54. The number of hydrogen-bond acceptors (Lipinski definition) is 4. The van der Waals surface area contributed by atoms with Crippen LogP contribution in [0.4, 0.5) is 11.5 Å². The summed E-state index contributed by atoms with van der Waals surface area (Å²) in [4.78, 5) is 16.4. The molecular weight excluding hydrogens is 302 g/mol. The van der Waals surface area contributed by atoms with Crippen molar-refractivity contribution in [3.8, 4) is 0 Å². The van der Waals surface area contributed by atoms with E-state index < -0.39 is 0 Å². The second kappa shape index (κ2) is 8.36. The minimum atomic E-state index is -0.226. The van der Waals surface area contributed by atoms with Crippen LogP contribution in [0.5, 0.6) is 0 Å². The highest BCUT2D eigenvalue weighted by Crippen LogP contribution is 2.21. The predicted octanol–water partition coefficient (Wildman–Crippen LogP) is 3.44. The van der Waals surface area contributed by atoms with E-state index in [0.717, 1.165) is 13.0 Å². The normalized spacial score (nSPS) is 10.3. The fourth-order valence-corrected chi connectivity index (χ4v) is 2.04. The van der Waals surface area contributed by atoms with Crippen LogP contribution in [0, 0.1) is 0 Å². The van der Waals surface area contributed by atoms with Gasteiger partial charge in [0.05, 0.1) is 10.7 Å². The van der Waals surface area contributed by atoms with Gasteiger partial charge in [0.25, 0.3) is 5.91 Å². The van der Waals surface area contributed by atoms with E-state index in [2.05, 4.69) is 15.6 Å². The maximum atomic E-state index is 12.2. The van der Waals surface area contributed by atoms with Gasteiger partial charge in [-0.1, -0.05) is 23.7 Å². The summed E-state index contributed by atoms with van der Waals surface area (Å²) < 4.78 is 4.98. The Labute approximate surface area is 134 Å². The second-order valence-corrected chi connectivity index (χ2v) is 5.04. The quantitative estimate of drug-likeness (QED) is 0.767. The number of nitrogens with one attached hydrogen (secondary N) is 2. The molecule has 0 bridgehead atoms. The molecule has 2 aromatic rings. The van der Waals surface area contributed by atoms with Gasteiger partial charge in [0.15, 0.2) is 0 Å². The first-order valence-corrected chi connectivity index (χ1v) is 7.33. The Morgan fingerprint density at radius 2 is 2.14 bits per heavy atom. The first-order valence-electron chi connectivity index (χ1n) is 6.95. The molecule has 6 heteroatoms. The molecule has 22 heavy (non-hydrogen) atoms. The number of rotatable bonds is 7. The van der Waals surface area contributed by atoms with Gasteiger partial charge in [0.2, 0.25) is 0 Å². The lowest BCUT2D eigenvalue weighted by molar-refractivity contribution is 0.102. The molecule has 1 heterocycles. The molecule has 5 nitrogen and oxygen atoms in total. The third-order valence-electron chi connectivity index (χ3n) is 2.98. The van der Waals surface area contributed by atoms with Crippen LogP contribution >= 0.6 is 11.6 Å². The molecule has 0 unspecified atom stereocenters. The van der Waals surface area contributed by atoms with E-state index in [9.17, 15) is 4.79 Å². The Bertz CT molecular complexity index is 634. The second-order valence-electron chi connectivity index (χ2n) is 4.64. The summed E-state index contributed by atoms with van der Waals surface area (Å²) in [6, 6.07) is 10.5. The molecule has 0 aliphatic heterocycles. The Hall–Kier alpha value is -2.11. The van der Waals surface area contributed by atoms with Gasteiger partial charge in [-0.05, 0) is 30.7 Å². The highest BCUT2D eigenvalue weighted by atomic mass is 35.5. The zero-order valence-corrected chi connectivity index (χ0v) is 13.1. The number of ether oxygens (including phenoxy) is 1. The van der Waals surface area contributed by atoms with E-state index in [-0.39, 0.29) is 5.91 Å². The fraction of sp³-hybridized carbons (Fsp3) is 0.250. The molecule has 0 aliphatic carbocycles. The molecule has 0 fully saturated rings. The zero-order chi connectivity index (χ0) is 15.8. The van der Waals surface area contributed by atoms with Crippen molar-refractivity contribution in [2.45, 2.75) is 6.42 Å². The molecule has 116 valence electrons. The number of aromatic nitrogens is 1. The molecule has 1 aromatic heterocycles. The number of benzene rings is 1. The van der Waals surface area contributed by atoms with Crippen LogP contribution in [0.25, 0.3) is 0 Å². The van der Waals surface area contributed by atoms with Crippen LogP contribution in [0.15, 0.2) is 42.6 Å². The number of amides is 1. The largest absolute Gasteiger partial charge is 0.385 e. The number of methoxy groups -OCH3 is 1. The third-order valence-corrected chi connectivity index (χ3v) is 3.31. The minimum Gasteiger partial charge on any atom is -0.385 e. The van der Waals surface area contributed by atoms with Crippen molar-refractivity contribution in [1.29, 1.82) is 0 Å². The van der Waals surface area contributed by atoms with Gasteiger partial charge in [0.1, 0.15) is 5.82 Å². The summed E-state index contributed by atoms with van der Waals surface area (Å²) in [5, 5.41) is 6.44. The Morgan fingerprint density at radius 1 is 1.32 bits per heavy atom. The molecular formula is C16H18ClN3O2. The molecule has 2 rings (SSSR count). The number of nitrogens with zero attached hydrogens (tertiary/aromatic N) is 1. The van der Waals surface area contributed by atoms with E-state index in [1.54, 1.807) is 37.6 Å². The summed E-state index contributed by atoms with van der Waals surface area (Å²) in [6.07, 6.45) is 2.47. The van der Waals surface area contributed by atoms with Crippen LogP contribution in [0.3, 0.4) is 0 Å². The Morgan fingerprint density at radius 3 is 2.91 bits per heavy atom. The van der Waals surface area contributed by atoms with Gasteiger partial charge >= 0.3 is 0 Å². The van der Waals surface area contributed by atoms with Crippen molar-refractivity contribution in [2.24, 2.45) is 0 Å². The lowest BCUT2D eigenvalue weighted by Gasteiger charge is -2.09. The summed E-state index contributed by atoms with van der Waals surface area (Å²) >= 11 is 6.03. The zero-order valence-electron chi connectivity index (χ0n) is 12.3. The first-order chi connectivity index (χ1) is 10.7. The Balaban J connectivity index is 1.99. The molecule has 2 N–H and O–H groups in total. The summed E-state index contributed by atoms with van der Waals surface area (Å²) in [5.41, 5.74) is 1.10. The van der Waals surface area contributed by atoms with E-state index in [1.165, 1.54) is 0 Å². The average molecular weight is 320 g/mol.